The van der Waals surface area contributed by atoms with Crippen molar-refractivity contribution in [1.29, 1.82) is 0 Å². The Labute approximate surface area is 113 Å². The Morgan fingerprint density at radius 3 is 2.63 bits per heavy atom. The van der Waals surface area contributed by atoms with Gasteiger partial charge in [-0.1, -0.05) is 6.07 Å². The third-order valence-electron chi connectivity index (χ3n) is 3.09. The largest absolute Gasteiger partial charge is 0.469 e. The number of methoxy groups -OCH3 is 1. The van der Waals surface area contributed by atoms with Gasteiger partial charge in [0.2, 0.25) is 0 Å². The molecule has 1 aliphatic rings. The van der Waals surface area contributed by atoms with Gasteiger partial charge in [-0.2, -0.15) is 13.2 Å². The zero-order valence-electron chi connectivity index (χ0n) is 10.2. The molecule has 19 heavy (non-hydrogen) atoms. The number of carbonyl (C=O) groups excluding carboxylic acids is 1. The zero-order valence-corrected chi connectivity index (χ0v) is 11.1. The fourth-order valence-electron chi connectivity index (χ4n) is 1.96. The maximum absolute atomic E-state index is 12.5. The molecule has 1 saturated carbocycles. The van der Waals surface area contributed by atoms with Gasteiger partial charge in [0.25, 0.3) is 0 Å². The normalized spacial score (nSPS) is 22.7. The van der Waals surface area contributed by atoms with E-state index in [9.17, 15) is 18.0 Å². The second-order valence-corrected chi connectivity index (χ2v) is 5.83. The Hall–Kier alpha value is -1.17. The second kappa shape index (κ2) is 5.45. The first-order chi connectivity index (χ1) is 8.90. The predicted octanol–water partition coefficient (Wildman–Crippen LogP) is 3.75. The molecule has 0 amide bonds. The number of rotatable bonds is 3. The number of thioether (sulfide) groups is 1. The van der Waals surface area contributed by atoms with Crippen molar-refractivity contribution in [2.75, 3.05) is 7.11 Å². The number of ether oxygens (including phenoxy) is 1. The molecular weight excluding hydrogens is 277 g/mol. The van der Waals surface area contributed by atoms with Crippen molar-refractivity contribution in [3.05, 3.63) is 29.8 Å². The quantitative estimate of drug-likeness (QED) is 0.793. The van der Waals surface area contributed by atoms with Gasteiger partial charge in [0.05, 0.1) is 18.6 Å². The number of esters is 1. The van der Waals surface area contributed by atoms with E-state index < -0.39 is 11.7 Å². The highest BCUT2D eigenvalue weighted by Gasteiger charge is 2.36. The Morgan fingerprint density at radius 1 is 1.37 bits per heavy atom. The maximum Gasteiger partial charge on any atom is 0.416 e. The Morgan fingerprint density at radius 2 is 2.05 bits per heavy atom. The molecule has 0 spiro atoms. The van der Waals surface area contributed by atoms with Gasteiger partial charge in [0.1, 0.15) is 0 Å². The van der Waals surface area contributed by atoms with Crippen molar-refractivity contribution in [3.8, 4) is 0 Å². The van der Waals surface area contributed by atoms with Crippen LogP contribution in [0.1, 0.15) is 18.4 Å². The van der Waals surface area contributed by atoms with Crippen LogP contribution in [0.2, 0.25) is 0 Å². The van der Waals surface area contributed by atoms with Gasteiger partial charge in [-0.25, -0.2) is 0 Å². The van der Waals surface area contributed by atoms with Crippen LogP contribution in [0, 0.1) is 5.92 Å². The lowest BCUT2D eigenvalue weighted by Crippen LogP contribution is -2.33. The Bertz CT molecular complexity index is 467. The molecule has 2 rings (SSSR count). The van der Waals surface area contributed by atoms with Crippen molar-refractivity contribution >= 4 is 17.7 Å². The van der Waals surface area contributed by atoms with Crippen LogP contribution in [-0.2, 0) is 15.7 Å². The molecule has 1 aliphatic carbocycles. The first kappa shape index (κ1) is 14.2. The summed E-state index contributed by atoms with van der Waals surface area (Å²) >= 11 is 1.38. The summed E-state index contributed by atoms with van der Waals surface area (Å²) in [6, 6.07) is 5.27. The van der Waals surface area contributed by atoms with Gasteiger partial charge in [-0.05, 0) is 31.0 Å². The molecule has 1 aromatic rings. The standard InChI is InChI=1S/C13H13F3O2S/c1-18-12(17)8-5-11(6-8)19-10-4-2-3-9(7-10)13(14,15)16/h2-4,7-8,11H,5-6H2,1H3/t8-,11-. The van der Waals surface area contributed by atoms with Crippen molar-refractivity contribution < 1.29 is 22.7 Å². The van der Waals surface area contributed by atoms with Crippen LogP contribution in [0.15, 0.2) is 29.2 Å². The molecule has 0 bridgehead atoms. The van der Waals surface area contributed by atoms with Gasteiger partial charge >= 0.3 is 12.1 Å². The third-order valence-corrected chi connectivity index (χ3v) is 4.34. The fourth-order valence-corrected chi connectivity index (χ4v) is 3.35. The van der Waals surface area contributed by atoms with E-state index in [4.69, 9.17) is 0 Å². The maximum atomic E-state index is 12.5. The average Bonchev–Trinajstić information content (AvgIpc) is 2.31. The van der Waals surface area contributed by atoms with E-state index in [-0.39, 0.29) is 17.1 Å². The fraction of sp³-hybridized carbons (Fsp3) is 0.462. The van der Waals surface area contributed by atoms with E-state index in [0.717, 1.165) is 12.1 Å². The van der Waals surface area contributed by atoms with Crippen molar-refractivity contribution in [1.82, 2.24) is 0 Å². The zero-order chi connectivity index (χ0) is 14.0. The molecule has 0 atom stereocenters. The molecule has 0 unspecified atom stereocenters. The summed E-state index contributed by atoms with van der Waals surface area (Å²) < 4.78 is 42.3. The summed E-state index contributed by atoms with van der Waals surface area (Å²) in [7, 11) is 1.34. The molecule has 0 aromatic heterocycles. The Balaban J connectivity index is 1.93. The predicted molar refractivity (Wildman–Crippen MR) is 65.8 cm³/mol. The van der Waals surface area contributed by atoms with Crippen LogP contribution in [0.25, 0.3) is 0 Å². The lowest BCUT2D eigenvalue weighted by atomic mass is 9.85. The molecule has 2 nitrogen and oxygen atoms in total. The summed E-state index contributed by atoms with van der Waals surface area (Å²) in [6.45, 7) is 0. The number of halogens is 3. The number of hydrogen-bond acceptors (Lipinski definition) is 3. The molecule has 0 saturated heterocycles. The van der Waals surface area contributed by atoms with Crippen LogP contribution in [0.5, 0.6) is 0 Å². The molecule has 1 fully saturated rings. The van der Waals surface area contributed by atoms with Crippen LogP contribution < -0.4 is 0 Å². The highest BCUT2D eigenvalue weighted by Crippen LogP contribution is 2.42. The minimum absolute atomic E-state index is 0.103. The lowest BCUT2D eigenvalue weighted by Gasteiger charge is -2.32. The molecule has 0 heterocycles. The molecule has 0 aliphatic heterocycles. The van der Waals surface area contributed by atoms with Crippen LogP contribution in [0.3, 0.4) is 0 Å². The number of carbonyl (C=O) groups is 1. The van der Waals surface area contributed by atoms with E-state index in [1.807, 2.05) is 0 Å². The van der Waals surface area contributed by atoms with Crippen molar-refractivity contribution in [3.63, 3.8) is 0 Å². The lowest BCUT2D eigenvalue weighted by molar-refractivity contribution is -0.148. The number of hydrogen-bond donors (Lipinski definition) is 0. The second-order valence-electron chi connectivity index (χ2n) is 4.46. The first-order valence-electron chi connectivity index (χ1n) is 5.82. The Kier molecular flexibility index (Phi) is 4.08. The summed E-state index contributed by atoms with van der Waals surface area (Å²) in [4.78, 5) is 11.8. The van der Waals surface area contributed by atoms with E-state index >= 15 is 0 Å². The topological polar surface area (TPSA) is 26.3 Å². The molecular formula is C13H13F3O2S. The molecule has 0 N–H and O–H groups in total. The highest BCUT2D eigenvalue weighted by atomic mass is 32.2. The smallest absolute Gasteiger partial charge is 0.416 e. The van der Waals surface area contributed by atoms with Crippen molar-refractivity contribution in [2.24, 2.45) is 5.92 Å². The minimum Gasteiger partial charge on any atom is -0.469 e. The minimum atomic E-state index is -4.31. The summed E-state index contributed by atoms with van der Waals surface area (Å²) in [6.07, 6.45) is -2.99. The summed E-state index contributed by atoms with van der Waals surface area (Å²) in [5.41, 5.74) is -0.638. The first-order valence-corrected chi connectivity index (χ1v) is 6.70. The van der Waals surface area contributed by atoms with E-state index in [0.29, 0.717) is 17.7 Å². The number of alkyl halides is 3. The summed E-state index contributed by atoms with van der Waals surface area (Å²) in [5.74, 6) is -0.339. The SMILES string of the molecule is COC(=O)[C@H]1C[C@H](Sc2cccc(C(F)(F)F)c2)C1. The van der Waals surface area contributed by atoms with Crippen molar-refractivity contribution in [2.45, 2.75) is 29.2 Å². The monoisotopic (exact) mass is 290 g/mol. The van der Waals surface area contributed by atoms with Crippen LogP contribution in [0.4, 0.5) is 13.2 Å². The van der Waals surface area contributed by atoms with Gasteiger partial charge in [0.15, 0.2) is 0 Å². The van der Waals surface area contributed by atoms with Crippen LogP contribution >= 0.6 is 11.8 Å². The average molecular weight is 290 g/mol. The van der Waals surface area contributed by atoms with Gasteiger partial charge in [0, 0.05) is 10.1 Å². The van der Waals surface area contributed by atoms with E-state index in [1.165, 1.54) is 24.9 Å². The highest BCUT2D eigenvalue weighted by molar-refractivity contribution is 8.00. The molecule has 104 valence electrons. The molecule has 0 radical (unpaired) electrons. The van der Waals surface area contributed by atoms with Crippen LogP contribution in [-0.4, -0.2) is 18.3 Å². The van der Waals surface area contributed by atoms with E-state index in [1.54, 1.807) is 6.07 Å². The number of benzene rings is 1. The van der Waals surface area contributed by atoms with Gasteiger partial charge in [-0.3, -0.25) is 4.79 Å². The van der Waals surface area contributed by atoms with E-state index in [2.05, 4.69) is 4.74 Å². The third kappa shape index (κ3) is 3.43. The van der Waals surface area contributed by atoms with Gasteiger partial charge < -0.3 is 4.74 Å². The summed E-state index contributed by atoms with van der Waals surface area (Å²) in [5, 5.41) is 0.188. The molecule has 6 heteroatoms. The van der Waals surface area contributed by atoms with Gasteiger partial charge in [-0.15, -0.1) is 11.8 Å². The molecule has 1 aromatic carbocycles.